The van der Waals surface area contributed by atoms with Crippen LogP contribution in [0.3, 0.4) is 0 Å². The number of hydrogen-bond acceptors (Lipinski definition) is 2. The second kappa shape index (κ2) is 4.06. The molecule has 0 aliphatic heterocycles. The first kappa shape index (κ1) is 10.6. The molecule has 2 saturated carbocycles. The highest BCUT2D eigenvalue weighted by Gasteiger charge is 2.29. The molecule has 0 radical (unpaired) electrons. The maximum absolute atomic E-state index is 12.1. The largest absolute Gasteiger partial charge is 0.399 e. The summed E-state index contributed by atoms with van der Waals surface area (Å²) < 4.78 is 0. The monoisotopic (exact) mass is 230 g/mol. The molecular formula is C14H18N2O. The van der Waals surface area contributed by atoms with E-state index in [1.54, 1.807) is 0 Å². The Morgan fingerprint density at radius 2 is 2.06 bits per heavy atom. The quantitative estimate of drug-likeness (QED) is 0.780. The van der Waals surface area contributed by atoms with E-state index < -0.39 is 0 Å². The molecule has 3 rings (SSSR count). The summed E-state index contributed by atoms with van der Waals surface area (Å²) in [5.74, 6) is 1.34. The summed E-state index contributed by atoms with van der Waals surface area (Å²) in [6, 6.07) is 5.65. The van der Waals surface area contributed by atoms with Crippen LogP contribution in [0, 0.1) is 5.92 Å². The molecule has 1 amide bonds. The topological polar surface area (TPSA) is 55.1 Å². The van der Waals surface area contributed by atoms with Crippen molar-refractivity contribution in [1.82, 2.24) is 5.32 Å². The van der Waals surface area contributed by atoms with Crippen LogP contribution >= 0.6 is 0 Å². The molecule has 90 valence electrons. The summed E-state index contributed by atoms with van der Waals surface area (Å²) in [7, 11) is 0. The van der Waals surface area contributed by atoms with E-state index in [2.05, 4.69) is 5.32 Å². The second-order valence-electron chi connectivity index (χ2n) is 5.27. The third-order valence-corrected chi connectivity index (χ3v) is 3.59. The van der Waals surface area contributed by atoms with Crippen molar-refractivity contribution in [3.05, 3.63) is 29.3 Å². The molecule has 0 saturated heterocycles. The van der Waals surface area contributed by atoms with E-state index in [0.717, 1.165) is 29.3 Å². The average Bonchev–Trinajstić information content (AvgIpc) is 3.17. The van der Waals surface area contributed by atoms with Crippen molar-refractivity contribution < 1.29 is 4.79 Å². The molecule has 0 aromatic heterocycles. The van der Waals surface area contributed by atoms with Gasteiger partial charge in [0, 0.05) is 17.8 Å². The Hall–Kier alpha value is -1.51. The van der Waals surface area contributed by atoms with Crippen molar-refractivity contribution >= 4 is 11.6 Å². The van der Waals surface area contributed by atoms with E-state index in [9.17, 15) is 4.79 Å². The predicted molar refractivity (Wildman–Crippen MR) is 67.9 cm³/mol. The lowest BCUT2D eigenvalue weighted by atomic mass is 10.0. The van der Waals surface area contributed by atoms with E-state index in [0.29, 0.717) is 5.92 Å². The Kier molecular flexibility index (Phi) is 2.54. The summed E-state index contributed by atoms with van der Waals surface area (Å²) in [4.78, 5) is 12.1. The van der Waals surface area contributed by atoms with Crippen LogP contribution in [-0.2, 0) is 0 Å². The first-order valence-electron chi connectivity index (χ1n) is 6.41. The van der Waals surface area contributed by atoms with Crippen molar-refractivity contribution in [2.24, 2.45) is 5.92 Å². The molecule has 0 heterocycles. The number of benzene rings is 1. The summed E-state index contributed by atoms with van der Waals surface area (Å²) in [6.07, 6.45) is 4.90. The fourth-order valence-corrected chi connectivity index (χ4v) is 2.17. The molecule has 1 aromatic rings. The maximum Gasteiger partial charge on any atom is 0.251 e. The fraction of sp³-hybridized carbons (Fsp3) is 0.500. The Morgan fingerprint density at radius 3 is 2.71 bits per heavy atom. The van der Waals surface area contributed by atoms with E-state index in [1.807, 2.05) is 18.2 Å². The number of nitrogens with one attached hydrogen (secondary N) is 1. The second-order valence-corrected chi connectivity index (χ2v) is 5.27. The summed E-state index contributed by atoms with van der Waals surface area (Å²) >= 11 is 0. The van der Waals surface area contributed by atoms with Crippen molar-refractivity contribution in [1.29, 1.82) is 0 Å². The normalized spacial score (nSPS) is 19.1. The van der Waals surface area contributed by atoms with Crippen LogP contribution in [0.25, 0.3) is 0 Å². The number of amides is 1. The van der Waals surface area contributed by atoms with Crippen molar-refractivity contribution in [3.63, 3.8) is 0 Å². The van der Waals surface area contributed by atoms with Crippen molar-refractivity contribution in [3.8, 4) is 0 Å². The van der Waals surface area contributed by atoms with Crippen LogP contribution < -0.4 is 11.1 Å². The lowest BCUT2D eigenvalue weighted by Crippen LogP contribution is -2.26. The highest BCUT2D eigenvalue weighted by atomic mass is 16.1. The summed E-state index contributed by atoms with van der Waals surface area (Å²) in [5, 5.41) is 3.02. The molecule has 1 aromatic carbocycles. The van der Waals surface area contributed by atoms with Crippen LogP contribution in [0.2, 0.25) is 0 Å². The molecule has 0 atom stereocenters. The highest BCUT2D eigenvalue weighted by molar-refractivity contribution is 5.96. The lowest BCUT2D eigenvalue weighted by Gasteiger charge is -2.10. The minimum atomic E-state index is 0.0683. The van der Waals surface area contributed by atoms with Gasteiger partial charge < -0.3 is 11.1 Å². The third kappa shape index (κ3) is 2.43. The molecule has 3 N–H and O–H groups in total. The number of carbonyl (C=O) groups excluding carboxylic acids is 1. The molecular weight excluding hydrogens is 212 g/mol. The summed E-state index contributed by atoms with van der Waals surface area (Å²) in [5.41, 5.74) is 8.51. The van der Waals surface area contributed by atoms with Gasteiger partial charge in [0.05, 0.1) is 0 Å². The zero-order valence-electron chi connectivity index (χ0n) is 9.91. The van der Waals surface area contributed by atoms with Crippen LogP contribution in [0.5, 0.6) is 0 Å². The van der Waals surface area contributed by atoms with Gasteiger partial charge in [-0.25, -0.2) is 0 Å². The minimum absolute atomic E-state index is 0.0683. The van der Waals surface area contributed by atoms with Crippen LogP contribution in [0.4, 0.5) is 5.69 Å². The Balaban J connectivity index is 1.77. The van der Waals surface area contributed by atoms with Gasteiger partial charge in [-0.3, -0.25) is 4.79 Å². The first-order chi connectivity index (χ1) is 8.24. The van der Waals surface area contributed by atoms with Gasteiger partial charge in [0.25, 0.3) is 5.91 Å². The van der Waals surface area contributed by atoms with Gasteiger partial charge in [-0.05, 0) is 61.3 Å². The van der Waals surface area contributed by atoms with Crippen molar-refractivity contribution in [2.45, 2.75) is 31.6 Å². The number of anilines is 1. The summed E-state index contributed by atoms with van der Waals surface area (Å²) in [6.45, 7) is 0.827. The zero-order chi connectivity index (χ0) is 11.8. The average molecular weight is 230 g/mol. The predicted octanol–water partition coefficient (Wildman–Crippen LogP) is 2.29. The molecule has 2 fully saturated rings. The highest BCUT2D eigenvalue weighted by Crippen LogP contribution is 2.42. The van der Waals surface area contributed by atoms with Gasteiger partial charge in [0.15, 0.2) is 0 Å². The number of hydrogen-bond donors (Lipinski definition) is 2. The van der Waals surface area contributed by atoms with Crippen LogP contribution in [0.15, 0.2) is 18.2 Å². The minimum Gasteiger partial charge on any atom is -0.399 e. The van der Waals surface area contributed by atoms with E-state index in [-0.39, 0.29) is 5.91 Å². The van der Waals surface area contributed by atoms with Gasteiger partial charge >= 0.3 is 0 Å². The number of rotatable bonds is 4. The molecule has 2 aliphatic rings. The molecule has 17 heavy (non-hydrogen) atoms. The molecule has 2 aliphatic carbocycles. The molecule has 3 heteroatoms. The SMILES string of the molecule is Nc1ccc(C(=O)NCC2CC2)c(C2CC2)c1. The van der Waals surface area contributed by atoms with Crippen LogP contribution in [0.1, 0.15) is 47.5 Å². The Labute approximate surface area is 101 Å². The molecule has 0 unspecified atom stereocenters. The Morgan fingerprint density at radius 1 is 1.29 bits per heavy atom. The third-order valence-electron chi connectivity index (χ3n) is 3.59. The molecule has 0 bridgehead atoms. The van der Waals surface area contributed by atoms with E-state index >= 15 is 0 Å². The lowest BCUT2D eigenvalue weighted by molar-refractivity contribution is 0.0951. The van der Waals surface area contributed by atoms with Gasteiger partial charge in [-0.15, -0.1) is 0 Å². The molecule has 3 nitrogen and oxygen atoms in total. The maximum atomic E-state index is 12.1. The number of nitrogen functional groups attached to an aromatic ring is 1. The zero-order valence-corrected chi connectivity index (χ0v) is 9.91. The van der Waals surface area contributed by atoms with Gasteiger partial charge in [-0.1, -0.05) is 0 Å². The van der Waals surface area contributed by atoms with Crippen molar-refractivity contribution in [2.75, 3.05) is 12.3 Å². The number of nitrogens with two attached hydrogens (primary N) is 1. The molecule has 0 spiro atoms. The standard InChI is InChI=1S/C14H18N2O/c15-11-5-6-12(13(7-11)10-3-4-10)14(17)16-8-9-1-2-9/h5-7,9-10H,1-4,8,15H2,(H,16,17). The van der Waals surface area contributed by atoms with Gasteiger partial charge in [-0.2, -0.15) is 0 Å². The van der Waals surface area contributed by atoms with E-state index in [4.69, 9.17) is 5.73 Å². The van der Waals surface area contributed by atoms with Gasteiger partial charge in [0.2, 0.25) is 0 Å². The van der Waals surface area contributed by atoms with Crippen LogP contribution in [-0.4, -0.2) is 12.5 Å². The first-order valence-corrected chi connectivity index (χ1v) is 6.41. The van der Waals surface area contributed by atoms with Gasteiger partial charge in [0.1, 0.15) is 0 Å². The fourth-order valence-electron chi connectivity index (χ4n) is 2.17. The van der Waals surface area contributed by atoms with E-state index in [1.165, 1.54) is 25.7 Å². The Bertz CT molecular complexity index is 448. The number of carbonyl (C=O) groups is 1. The smallest absolute Gasteiger partial charge is 0.251 e.